The molecule has 2 amide bonds. The number of pyridine rings is 1. The molecular formula is C14H20N4O2. The van der Waals surface area contributed by atoms with Gasteiger partial charge in [-0.3, -0.25) is 9.59 Å². The fraction of sp³-hybridized carbons (Fsp3) is 0.500. The molecule has 0 aliphatic carbocycles. The van der Waals surface area contributed by atoms with Crippen LogP contribution in [0.1, 0.15) is 23.7 Å². The number of hydrogen-bond acceptors (Lipinski definition) is 4. The van der Waals surface area contributed by atoms with Gasteiger partial charge in [0, 0.05) is 32.9 Å². The van der Waals surface area contributed by atoms with Crippen LogP contribution in [0.15, 0.2) is 18.3 Å². The zero-order chi connectivity index (χ0) is 14.5. The lowest BCUT2D eigenvalue weighted by Gasteiger charge is -2.21. The number of amides is 2. The number of carbonyl (C=O) groups is 2. The number of rotatable bonds is 3. The standard InChI is InChI=1S/C14H20N4O2/c1-3-15-13-11(6-4-7-16-13)14(20)18-9-5-8-17(2)12(19)10-18/h4,6-7H,3,5,8-10H2,1-2H3,(H,15,16). The van der Waals surface area contributed by atoms with Crippen molar-refractivity contribution in [2.24, 2.45) is 0 Å². The van der Waals surface area contributed by atoms with Crippen molar-refractivity contribution >= 4 is 17.6 Å². The molecule has 1 aliphatic heterocycles. The summed E-state index contributed by atoms with van der Waals surface area (Å²) in [6.45, 7) is 4.06. The smallest absolute Gasteiger partial charge is 0.258 e. The zero-order valence-corrected chi connectivity index (χ0v) is 11.9. The Morgan fingerprint density at radius 1 is 1.45 bits per heavy atom. The molecule has 0 radical (unpaired) electrons. The van der Waals surface area contributed by atoms with E-state index in [9.17, 15) is 9.59 Å². The summed E-state index contributed by atoms with van der Waals surface area (Å²) < 4.78 is 0. The summed E-state index contributed by atoms with van der Waals surface area (Å²) in [5, 5.41) is 3.08. The van der Waals surface area contributed by atoms with E-state index in [1.54, 1.807) is 35.2 Å². The quantitative estimate of drug-likeness (QED) is 0.887. The fourth-order valence-corrected chi connectivity index (χ4v) is 2.22. The van der Waals surface area contributed by atoms with Crippen molar-refractivity contribution in [1.29, 1.82) is 0 Å². The molecule has 108 valence electrons. The third-order valence-corrected chi connectivity index (χ3v) is 3.34. The summed E-state index contributed by atoms with van der Waals surface area (Å²) in [5.74, 6) is 0.410. The van der Waals surface area contributed by atoms with Crippen LogP contribution in [0.2, 0.25) is 0 Å². The summed E-state index contributed by atoms with van der Waals surface area (Å²) in [4.78, 5) is 31.9. The number of carbonyl (C=O) groups excluding carboxylic acids is 2. The highest BCUT2D eigenvalue weighted by molar-refractivity contribution is 6.00. The largest absolute Gasteiger partial charge is 0.370 e. The molecule has 2 rings (SSSR count). The van der Waals surface area contributed by atoms with E-state index in [4.69, 9.17) is 0 Å². The van der Waals surface area contributed by atoms with Gasteiger partial charge in [0.25, 0.3) is 5.91 Å². The van der Waals surface area contributed by atoms with Crippen molar-refractivity contribution in [1.82, 2.24) is 14.8 Å². The Bertz CT molecular complexity index is 504. The maximum Gasteiger partial charge on any atom is 0.258 e. The van der Waals surface area contributed by atoms with Gasteiger partial charge in [0.15, 0.2) is 0 Å². The lowest BCUT2D eigenvalue weighted by molar-refractivity contribution is -0.129. The number of aromatic nitrogens is 1. The predicted molar refractivity (Wildman–Crippen MR) is 76.6 cm³/mol. The third-order valence-electron chi connectivity index (χ3n) is 3.34. The van der Waals surface area contributed by atoms with Gasteiger partial charge in [-0.15, -0.1) is 0 Å². The summed E-state index contributed by atoms with van der Waals surface area (Å²) >= 11 is 0. The Hall–Kier alpha value is -2.11. The maximum atomic E-state index is 12.6. The van der Waals surface area contributed by atoms with Crippen LogP contribution >= 0.6 is 0 Å². The first kappa shape index (κ1) is 14.3. The van der Waals surface area contributed by atoms with Crippen LogP contribution < -0.4 is 5.32 Å². The third kappa shape index (κ3) is 3.07. The Morgan fingerprint density at radius 3 is 3.00 bits per heavy atom. The summed E-state index contributed by atoms with van der Waals surface area (Å²) in [6, 6.07) is 3.48. The molecule has 6 heteroatoms. The van der Waals surface area contributed by atoms with Crippen molar-refractivity contribution in [2.45, 2.75) is 13.3 Å². The molecule has 6 nitrogen and oxygen atoms in total. The van der Waals surface area contributed by atoms with Crippen molar-refractivity contribution < 1.29 is 9.59 Å². The lowest BCUT2D eigenvalue weighted by Crippen LogP contribution is -2.38. The second-order valence-corrected chi connectivity index (χ2v) is 4.83. The first-order chi connectivity index (χ1) is 9.63. The Morgan fingerprint density at radius 2 is 2.25 bits per heavy atom. The molecule has 0 atom stereocenters. The second kappa shape index (κ2) is 6.36. The Balaban J connectivity index is 2.20. The van der Waals surface area contributed by atoms with Crippen LogP contribution in [0, 0.1) is 0 Å². The van der Waals surface area contributed by atoms with Gasteiger partial charge < -0.3 is 15.1 Å². The molecule has 0 unspecified atom stereocenters. The molecule has 1 aromatic rings. The SMILES string of the molecule is CCNc1ncccc1C(=O)N1CCCN(C)C(=O)C1. The summed E-state index contributed by atoms with van der Waals surface area (Å²) in [5.41, 5.74) is 0.520. The van der Waals surface area contributed by atoms with Gasteiger partial charge in [-0.05, 0) is 25.5 Å². The first-order valence-corrected chi connectivity index (χ1v) is 6.85. The normalized spacial score (nSPS) is 16.0. The van der Waals surface area contributed by atoms with Crippen LogP contribution in [0.5, 0.6) is 0 Å². The molecule has 20 heavy (non-hydrogen) atoms. The number of hydrogen-bond donors (Lipinski definition) is 1. The number of likely N-dealkylation sites (N-methyl/N-ethyl adjacent to an activating group) is 1. The van der Waals surface area contributed by atoms with Gasteiger partial charge in [0.05, 0.1) is 5.56 Å². The number of nitrogens with zero attached hydrogens (tertiary/aromatic N) is 3. The minimum atomic E-state index is -0.141. The Kier molecular flexibility index (Phi) is 4.55. The van der Waals surface area contributed by atoms with Gasteiger partial charge in [-0.1, -0.05) is 0 Å². The number of anilines is 1. The molecule has 1 fully saturated rings. The van der Waals surface area contributed by atoms with E-state index in [-0.39, 0.29) is 18.4 Å². The van der Waals surface area contributed by atoms with Crippen LogP contribution in [0.3, 0.4) is 0 Å². The highest BCUT2D eigenvalue weighted by atomic mass is 16.2. The van der Waals surface area contributed by atoms with E-state index in [0.717, 1.165) is 6.42 Å². The monoisotopic (exact) mass is 276 g/mol. The van der Waals surface area contributed by atoms with Crippen LogP contribution in [-0.4, -0.2) is 59.8 Å². The Labute approximate surface area is 118 Å². The minimum Gasteiger partial charge on any atom is -0.370 e. The van der Waals surface area contributed by atoms with Gasteiger partial charge in [-0.25, -0.2) is 4.98 Å². The van der Waals surface area contributed by atoms with E-state index in [0.29, 0.717) is 31.0 Å². The molecule has 1 saturated heterocycles. The summed E-state index contributed by atoms with van der Waals surface area (Å²) in [6.07, 6.45) is 2.45. The van der Waals surface area contributed by atoms with Crippen LogP contribution in [0.4, 0.5) is 5.82 Å². The van der Waals surface area contributed by atoms with Gasteiger partial charge in [-0.2, -0.15) is 0 Å². The molecule has 1 aliphatic rings. The van der Waals surface area contributed by atoms with Crippen molar-refractivity contribution in [3.05, 3.63) is 23.9 Å². The molecule has 1 aromatic heterocycles. The maximum absolute atomic E-state index is 12.6. The average Bonchev–Trinajstić information content (AvgIpc) is 2.61. The van der Waals surface area contributed by atoms with E-state index in [1.165, 1.54) is 0 Å². The highest BCUT2D eigenvalue weighted by Gasteiger charge is 2.25. The molecule has 0 bridgehead atoms. The van der Waals surface area contributed by atoms with Crippen molar-refractivity contribution in [3.8, 4) is 0 Å². The molecule has 1 N–H and O–H groups in total. The molecule has 0 saturated carbocycles. The fourth-order valence-electron chi connectivity index (χ4n) is 2.22. The lowest BCUT2D eigenvalue weighted by atomic mass is 10.2. The molecule has 0 spiro atoms. The van der Waals surface area contributed by atoms with Gasteiger partial charge >= 0.3 is 0 Å². The zero-order valence-electron chi connectivity index (χ0n) is 11.9. The summed E-state index contributed by atoms with van der Waals surface area (Å²) in [7, 11) is 1.77. The van der Waals surface area contributed by atoms with Crippen molar-refractivity contribution in [3.63, 3.8) is 0 Å². The van der Waals surface area contributed by atoms with E-state index in [1.807, 2.05) is 6.92 Å². The van der Waals surface area contributed by atoms with E-state index >= 15 is 0 Å². The van der Waals surface area contributed by atoms with Crippen LogP contribution in [-0.2, 0) is 4.79 Å². The molecule has 0 aromatic carbocycles. The van der Waals surface area contributed by atoms with Crippen molar-refractivity contribution in [2.75, 3.05) is 38.5 Å². The average molecular weight is 276 g/mol. The second-order valence-electron chi connectivity index (χ2n) is 4.83. The highest BCUT2D eigenvalue weighted by Crippen LogP contribution is 2.15. The van der Waals surface area contributed by atoms with Gasteiger partial charge in [0.1, 0.15) is 12.4 Å². The first-order valence-electron chi connectivity index (χ1n) is 6.85. The van der Waals surface area contributed by atoms with Gasteiger partial charge in [0.2, 0.25) is 5.91 Å². The topological polar surface area (TPSA) is 65.5 Å². The van der Waals surface area contributed by atoms with E-state index < -0.39 is 0 Å². The van der Waals surface area contributed by atoms with E-state index in [2.05, 4.69) is 10.3 Å². The van der Waals surface area contributed by atoms with Crippen LogP contribution in [0.25, 0.3) is 0 Å². The molecule has 2 heterocycles. The minimum absolute atomic E-state index is 0.0234. The predicted octanol–water partition coefficient (Wildman–Crippen LogP) is 0.818. The molecular weight excluding hydrogens is 256 g/mol. The number of nitrogens with one attached hydrogen (secondary N) is 1.